The molecule has 2 aromatic carbocycles. The first-order chi connectivity index (χ1) is 15.3. The maximum Gasteiger partial charge on any atom is 0.308 e. The largest absolute Gasteiger partial charge is 0.458 e. The van der Waals surface area contributed by atoms with Gasteiger partial charge >= 0.3 is 11.9 Å². The van der Waals surface area contributed by atoms with Crippen LogP contribution in [0.25, 0.3) is 11.0 Å². The molecule has 1 aromatic heterocycles. The van der Waals surface area contributed by atoms with Gasteiger partial charge in [-0.2, -0.15) is 0 Å². The molecule has 7 nitrogen and oxygen atoms in total. The number of furan rings is 1. The minimum absolute atomic E-state index is 0.0631. The van der Waals surface area contributed by atoms with Crippen molar-refractivity contribution in [2.45, 2.75) is 26.9 Å². The second-order valence-electron chi connectivity index (χ2n) is 7.08. The van der Waals surface area contributed by atoms with Crippen molar-refractivity contribution in [3.63, 3.8) is 0 Å². The normalized spacial score (nSPS) is 11.9. The van der Waals surface area contributed by atoms with E-state index in [-0.39, 0.29) is 55.7 Å². The van der Waals surface area contributed by atoms with E-state index in [1.54, 1.807) is 0 Å². The Morgan fingerprint density at radius 2 is 1.45 bits per heavy atom. The van der Waals surface area contributed by atoms with Crippen molar-refractivity contribution < 1.29 is 33.4 Å². The van der Waals surface area contributed by atoms with Crippen molar-refractivity contribution in [1.82, 2.24) is 0 Å². The molecule has 0 spiro atoms. The van der Waals surface area contributed by atoms with Gasteiger partial charge in [0.05, 0.1) is 14.5 Å². The first kappa shape index (κ1) is 25.3. The smallest absolute Gasteiger partial charge is 0.308 e. The standard InChI is InChI=1S/C21H13B3Br2O7/c1-6(27)18-13(17(30)9-4-10(25)19(11(26)5-9)31-7(2)28)12-14(22)15(23)21(32-8(3)29)16(24)20(12)33-18/h4-6,27H,1-3H3. The molecule has 0 fully saturated rings. The van der Waals surface area contributed by atoms with Crippen molar-refractivity contribution in [2.24, 2.45) is 0 Å². The third-order valence-electron chi connectivity index (χ3n) is 4.59. The summed E-state index contributed by atoms with van der Waals surface area (Å²) in [4.78, 5) is 36.4. The number of rotatable bonds is 5. The molecule has 0 bridgehead atoms. The Hall–Kier alpha value is -2.30. The Morgan fingerprint density at radius 1 is 0.939 bits per heavy atom. The lowest BCUT2D eigenvalue weighted by atomic mass is 9.72. The van der Waals surface area contributed by atoms with Gasteiger partial charge in [-0.05, 0) is 56.4 Å². The number of halogens is 2. The summed E-state index contributed by atoms with van der Waals surface area (Å²) >= 11 is 6.56. The lowest BCUT2D eigenvalue weighted by molar-refractivity contribution is -0.132. The number of carbonyl (C=O) groups excluding carboxylic acids is 3. The zero-order valence-electron chi connectivity index (χ0n) is 17.6. The summed E-state index contributed by atoms with van der Waals surface area (Å²) in [7, 11) is 18.3. The second-order valence-corrected chi connectivity index (χ2v) is 8.79. The summed E-state index contributed by atoms with van der Waals surface area (Å²) in [5.74, 6) is -1.93. The van der Waals surface area contributed by atoms with Crippen molar-refractivity contribution in [1.29, 1.82) is 0 Å². The van der Waals surface area contributed by atoms with Crippen LogP contribution in [0.4, 0.5) is 0 Å². The average molecular weight is 570 g/mol. The van der Waals surface area contributed by atoms with E-state index in [2.05, 4.69) is 31.9 Å². The summed E-state index contributed by atoms with van der Waals surface area (Å²) in [5, 5.41) is 10.4. The molecular formula is C21H13B3Br2O7. The first-order valence-corrected chi connectivity index (χ1v) is 10.9. The van der Waals surface area contributed by atoms with E-state index in [1.165, 1.54) is 26.0 Å². The van der Waals surface area contributed by atoms with E-state index in [0.29, 0.717) is 8.95 Å². The molecule has 0 saturated heterocycles. The number of aliphatic hydroxyl groups excluding tert-OH is 1. The SMILES string of the molecule is [B]c1c(OC(C)=O)c([B])c2oc(C(C)O)c(C(=O)c3cc(Br)c(OC(C)=O)c(Br)c3)c2c1[B]. The summed E-state index contributed by atoms with van der Waals surface area (Å²) in [6.45, 7) is 3.80. The summed E-state index contributed by atoms with van der Waals surface area (Å²) < 4.78 is 16.6. The van der Waals surface area contributed by atoms with Gasteiger partial charge in [-0.1, -0.05) is 10.9 Å². The molecule has 12 heteroatoms. The Kier molecular flexibility index (Phi) is 7.31. The Balaban J connectivity index is 2.30. The molecule has 1 heterocycles. The number of benzene rings is 2. The molecule has 162 valence electrons. The summed E-state index contributed by atoms with van der Waals surface area (Å²) in [6.07, 6.45) is -1.22. The number of fused-ring (bicyclic) bond motifs is 1. The summed E-state index contributed by atoms with van der Waals surface area (Å²) in [6, 6.07) is 2.87. The van der Waals surface area contributed by atoms with Gasteiger partial charge < -0.3 is 19.0 Å². The van der Waals surface area contributed by atoms with E-state index >= 15 is 0 Å². The fraction of sp³-hybridized carbons (Fsp3) is 0.190. The molecule has 0 saturated carbocycles. The predicted molar refractivity (Wildman–Crippen MR) is 131 cm³/mol. The lowest BCUT2D eigenvalue weighted by Gasteiger charge is -2.15. The lowest BCUT2D eigenvalue weighted by Crippen LogP contribution is -2.35. The van der Waals surface area contributed by atoms with Crippen LogP contribution in [-0.2, 0) is 9.59 Å². The van der Waals surface area contributed by atoms with Gasteiger partial charge in [0.25, 0.3) is 0 Å². The number of esters is 2. The monoisotopic (exact) mass is 568 g/mol. The molecule has 3 rings (SSSR count). The number of ketones is 1. The maximum atomic E-state index is 13.6. The Bertz CT molecular complexity index is 1310. The molecular weight excluding hydrogens is 556 g/mol. The molecule has 0 aliphatic heterocycles. The molecule has 1 N–H and O–H groups in total. The van der Waals surface area contributed by atoms with Gasteiger partial charge in [-0.3, -0.25) is 14.4 Å². The van der Waals surface area contributed by atoms with Crippen LogP contribution >= 0.6 is 31.9 Å². The highest BCUT2D eigenvalue weighted by Gasteiger charge is 2.29. The molecule has 0 aliphatic rings. The topological polar surface area (TPSA) is 103 Å². The fourth-order valence-corrected chi connectivity index (χ4v) is 4.60. The van der Waals surface area contributed by atoms with Crippen LogP contribution in [0, 0.1) is 0 Å². The molecule has 1 unspecified atom stereocenters. The van der Waals surface area contributed by atoms with Gasteiger partial charge in [0.1, 0.15) is 46.7 Å². The van der Waals surface area contributed by atoms with Crippen LogP contribution in [0.15, 0.2) is 25.5 Å². The van der Waals surface area contributed by atoms with Crippen LogP contribution in [0.3, 0.4) is 0 Å². The van der Waals surface area contributed by atoms with Crippen molar-refractivity contribution in [3.05, 3.63) is 38.0 Å². The van der Waals surface area contributed by atoms with Gasteiger partial charge in [0, 0.05) is 24.8 Å². The number of ether oxygens (including phenoxy) is 2. The highest BCUT2D eigenvalue weighted by Crippen LogP contribution is 2.37. The predicted octanol–water partition coefficient (Wildman–Crippen LogP) is 1.47. The first-order valence-electron chi connectivity index (χ1n) is 9.36. The van der Waals surface area contributed by atoms with Crippen LogP contribution in [-0.4, -0.2) is 46.4 Å². The quantitative estimate of drug-likeness (QED) is 0.215. The second kappa shape index (κ2) is 9.52. The number of carbonyl (C=O) groups is 3. The number of hydrogen-bond donors (Lipinski definition) is 1. The van der Waals surface area contributed by atoms with E-state index in [4.69, 9.17) is 37.4 Å². The van der Waals surface area contributed by atoms with Gasteiger partial charge in [0.2, 0.25) is 0 Å². The fourth-order valence-electron chi connectivity index (χ4n) is 3.25. The highest BCUT2D eigenvalue weighted by atomic mass is 79.9. The van der Waals surface area contributed by atoms with Gasteiger partial charge in [0.15, 0.2) is 11.5 Å². The van der Waals surface area contributed by atoms with Crippen molar-refractivity contribution in [3.8, 4) is 11.5 Å². The molecule has 3 aromatic rings. The molecule has 0 aliphatic carbocycles. The van der Waals surface area contributed by atoms with E-state index in [1.807, 2.05) is 0 Å². The van der Waals surface area contributed by atoms with Crippen molar-refractivity contribution in [2.75, 3.05) is 0 Å². The molecule has 33 heavy (non-hydrogen) atoms. The van der Waals surface area contributed by atoms with Gasteiger partial charge in [-0.15, -0.1) is 0 Å². The van der Waals surface area contributed by atoms with E-state index < -0.39 is 23.8 Å². The highest BCUT2D eigenvalue weighted by molar-refractivity contribution is 9.11. The zero-order chi connectivity index (χ0) is 24.8. The Morgan fingerprint density at radius 3 is 1.94 bits per heavy atom. The van der Waals surface area contributed by atoms with Crippen LogP contribution in [0.2, 0.25) is 0 Å². The summed E-state index contributed by atoms with van der Waals surface area (Å²) in [5.41, 5.74) is -0.398. The minimum atomic E-state index is -1.22. The molecule has 6 radical (unpaired) electrons. The Labute approximate surface area is 209 Å². The number of hydrogen-bond acceptors (Lipinski definition) is 7. The van der Waals surface area contributed by atoms with Crippen molar-refractivity contribution >= 4 is 100 Å². The minimum Gasteiger partial charge on any atom is -0.458 e. The maximum absolute atomic E-state index is 13.6. The third-order valence-corrected chi connectivity index (χ3v) is 5.77. The zero-order valence-corrected chi connectivity index (χ0v) is 20.8. The van der Waals surface area contributed by atoms with Crippen LogP contribution in [0.5, 0.6) is 11.5 Å². The van der Waals surface area contributed by atoms with Crippen LogP contribution in [0.1, 0.15) is 48.6 Å². The third kappa shape index (κ3) is 4.69. The van der Waals surface area contributed by atoms with Crippen LogP contribution < -0.4 is 25.9 Å². The van der Waals surface area contributed by atoms with Gasteiger partial charge in [-0.25, -0.2) is 0 Å². The van der Waals surface area contributed by atoms with E-state index in [0.717, 1.165) is 6.92 Å². The number of aliphatic hydroxyl groups is 1. The van der Waals surface area contributed by atoms with E-state index in [9.17, 15) is 19.5 Å². The molecule has 1 atom stereocenters. The average Bonchev–Trinajstić information content (AvgIpc) is 3.12. The molecule has 0 amide bonds.